The van der Waals surface area contributed by atoms with E-state index in [-0.39, 0.29) is 0 Å². The normalized spacial score (nSPS) is 22.3. The molecule has 1 unspecified atom stereocenters. The molecule has 1 aliphatic heterocycles. The van der Waals surface area contributed by atoms with Crippen LogP contribution >= 0.6 is 0 Å². The third-order valence-electron chi connectivity index (χ3n) is 5.02. The predicted molar refractivity (Wildman–Crippen MR) is 81.0 cm³/mol. The lowest BCUT2D eigenvalue weighted by molar-refractivity contribution is 0.0434. The zero-order chi connectivity index (χ0) is 14.7. The molecule has 0 saturated heterocycles. The first-order valence-electron chi connectivity index (χ1n) is 8.10. The summed E-state index contributed by atoms with van der Waals surface area (Å²) >= 11 is 0. The molecule has 2 aliphatic rings. The molecule has 0 spiro atoms. The molecule has 0 bridgehead atoms. The van der Waals surface area contributed by atoms with Crippen molar-refractivity contribution >= 4 is 0 Å². The van der Waals surface area contributed by atoms with Gasteiger partial charge in [0.25, 0.3) is 0 Å². The van der Waals surface area contributed by atoms with Crippen LogP contribution in [0.15, 0.2) is 18.2 Å². The number of nitriles is 1. The van der Waals surface area contributed by atoms with E-state index < -0.39 is 11.5 Å². The Hall–Kier alpha value is -1.53. The Morgan fingerprint density at radius 1 is 1.14 bits per heavy atom. The summed E-state index contributed by atoms with van der Waals surface area (Å²) in [5.41, 5.74) is 1.42. The van der Waals surface area contributed by atoms with Gasteiger partial charge in [-0.15, -0.1) is 0 Å². The Labute approximate surface area is 126 Å². The molecule has 1 fully saturated rings. The summed E-state index contributed by atoms with van der Waals surface area (Å²) in [5, 5.41) is 20.6. The highest BCUT2D eigenvalue weighted by atomic mass is 16.5. The van der Waals surface area contributed by atoms with Crippen molar-refractivity contribution in [3.8, 4) is 11.8 Å². The fraction of sp³-hybridized carbons (Fsp3) is 0.611. The van der Waals surface area contributed by atoms with Gasteiger partial charge in [0.05, 0.1) is 24.2 Å². The van der Waals surface area contributed by atoms with Crippen LogP contribution in [0, 0.1) is 16.7 Å². The topological polar surface area (TPSA) is 53.2 Å². The monoisotopic (exact) mass is 285 g/mol. The molecule has 1 atom stereocenters. The van der Waals surface area contributed by atoms with E-state index in [1.807, 2.05) is 18.2 Å². The summed E-state index contributed by atoms with van der Waals surface area (Å²) in [4.78, 5) is 0. The van der Waals surface area contributed by atoms with Crippen LogP contribution in [0.1, 0.15) is 62.2 Å². The van der Waals surface area contributed by atoms with Gasteiger partial charge in [-0.05, 0) is 36.1 Å². The summed E-state index contributed by atoms with van der Waals surface area (Å²) in [6, 6.07) is 8.37. The maximum absolute atomic E-state index is 10.9. The lowest BCUT2D eigenvalue weighted by Gasteiger charge is -2.33. The van der Waals surface area contributed by atoms with E-state index in [0.29, 0.717) is 0 Å². The Morgan fingerprint density at radius 3 is 2.57 bits per heavy atom. The van der Waals surface area contributed by atoms with Crippen LogP contribution < -0.4 is 4.74 Å². The van der Waals surface area contributed by atoms with Gasteiger partial charge in [-0.25, -0.2) is 0 Å². The molecule has 3 rings (SSSR count). The fourth-order valence-electron chi connectivity index (χ4n) is 3.68. The number of rotatable bonds is 2. The minimum atomic E-state index is -0.688. The van der Waals surface area contributed by atoms with Crippen molar-refractivity contribution in [1.29, 1.82) is 5.26 Å². The van der Waals surface area contributed by atoms with Gasteiger partial charge in [-0.3, -0.25) is 0 Å². The molecule has 1 aliphatic carbocycles. The van der Waals surface area contributed by atoms with Gasteiger partial charge in [0.1, 0.15) is 5.75 Å². The molecule has 0 radical (unpaired) electrons. The number of ether oxygens (including phenoxy) is 1. The van der Waals surface area contributed by atoms with E-state index in [9.17, 15) is 10.4 Å². The first-order chi connectivity index (χ1) is 10.2. The van der Waals surface area contributed by atoms with Crippen molar-refractivity contribution in [2.45, 2.75) is 57.5 Å². The van der Waals surface area contributed by atoms with Crippen molar-refractivity contribution in [1.82, 2.24) is 0 Å². The summed E-state index contributed by atoms with van der Waals surface area (Å²) in [7, 11) is 0. The number of hydrogen-bond donors (Lipinski definition) is 1. The van der Waals surface area contributed by atoms with E-state index in [1.165, 1.54) is 19.3 Å². The zero-order valence-corrected chi connectivity index (χ0v) is 12.5. The quantitative estimate of drug-likeness (QED) is 0.896. The van der Waals surface area contributed by atoms with Crippen LogP contribution in [0.5, 0.6) is 5.75 Å². The third-order valence-corrected chi connectivity index (χ3v) is 5.02. The van der Waals surface area contributed by atoms with Gasteiger partial charge >= 0.3 is 0 Å². The lowest BCUT2D eigenvalue weighted by atomic mass is 9.71. The van der Waals surface area contributed by atoms with Crippen molar-refractivity contribution in [2.75, 3.05) is 6.61 Å². The maximum Gasteiger partial charge on any atom is 0.122 e. The van der Waals surface area contributed by atoms with Crippen molar-refractivity contribution in [3.63, 3.8) is 0 Å². The SMILES string of the molecule is N#CC1(C(O)c2ccc3c(c2)CCO3)CCCCCCC1. The van der Waals surface area contributed by atoms with Crippen LogP contribution in [0.4, 0.5) is 0 Å². The molecule has 0 aromatic heterocycles. The number of benzene rings is 1. The Kier molecular flexibility index (Phi) is 4.17. The summed E-state index contributed by atoms with van der Waals surface area (Å²) in [6.45, 7) is 0.721. The second-order valence-electron chi connectivity index (χ2n) is 6.40. The Morgan fingerprint density at radius 2 is 1.86 bits per heavy atom. The minimum absolute atomic E-state index is 0.617. The average Bonchev–Trinajstić information content (AvgIpc) is 2.94. The van der Waals surface area contributed by atoms with Gasteiger partial charge < -0.3 is 9.84 Å². The van der Waals surface area contributed by atoms with Crippen LogP contribution in [0.3, 0.4) is 0 Å². The van der Waals surface area contributed by atoms with Crippen LogP contribution in [-0.2, 0) is 6.42 Å². The molecule has 1 N–H and O–H groups in total. The minimum Gasteiger partial charge on any atom is -0.493 e. The second kappa shape index (κ2) is 6.07. The molecule has 1 heterocycles. The van der Waals surface area contributed by atoms with E-state index in [0.717, 1.165) is 55.6 Å². The molecule has 1 aromatic carbocycles. The van der Waals surface area contributed by atoms with Crippen molar-refractivity contribution in [3.05, 3.63) is 29.3 Å². The van der Waals surface area contributed by atoms with Crippen LogP contribution in [0.25, 0.3) is 0 Å². The van der Waals surface area contributed by atoms with Gasteiger partial charge in [0, 0.05) is 6.42 Å². The second-order valence-corrected chi connectivity index (χ2v) is 6.40. The first kappa shape index (κ1) is 14.4. The van der Waals surface area contributed by atoms with Gasteiger partial charge in [0.2, 0.25) is 0 Å². The smallest absolute Gasteiger partial charge is 0.122 e. The molecular weight excluding hydrogens is 262 g/mol. The van der Waals surface area contributed by atoms with E-state index in [1.54, 1.807) is 0 Å². The maximum atomic E-state index is 10.9. The number of hydrogen-bond acceptors (Lipinski definition) is 3. The van der Waals surface area contributed by atoms with Gasteiger partial charge in [-0.2, -0.15) is 5.26 Å². The highest BCUT2D eigenvalue weighted by Gasteiger charge is 2.39. The van der Waals surface area contributed by atoms with Crippen molar-refractivity contribution < 1.29 is 9.84 Å². The van der Waals surface area contributed by atoms with Crippen LogP contribution in [0.2, 0.25) is 0 Å². The third kappa shape index (κ3) is 2.78. The Bertz CT molecular complexity index is 539. The van der Waals surface area contributed by atoms with Gasteiger partial charge in [0.15, 0.2) is 0 Å². The molecular formula is C18H23NO2. The summed E-state index contributed by atoms with van der Waals surface area (Å²) in [5.74, 6) is 0.926. The van der Waals surface area contributed by atoms with Crippen molar-refractivity contribution in [2.24, 2.45) is 5.41 Å². The van der Waals surface area contributed by atoms with E-state index in [2.05, 4.69) is 6.07 Å². The molecule has 3 nitrogen and oxygen atoms in total. The first-order valence-corrected chi connectivity index (χ1v) is 8.10. The zero-order valence-electron chi connectivity index (χ0n) is 12.5. The molecule has 1 aromatic rings. The van der Waals surface area contributed by atoms with Gasteiger partial charge in [-0.1, -0.05) is 38.2 Å². The van der Waals surface area contributed by atoms with E-state index in [4.69, 9.17) is 4.74 Å². The predicted octanol–water partition coefficient (Wildman–Crippen LogP) is 3.91. The molecule has 112 valence electrons. The Balaban J connectivity index is 1.87. The standard InChI is InChI=1S/C18H23NO2/c19-13-18(9-4-2-1-3-5-10-18)17(20)15-6-7-16-14(12-15)8-11-21-16/h6-7,12,17,20H,1-5,8-11H2. The van der Waals surface area contributed by atoms with E-state index >= 15 is 0 Å². The number of aliphatic hydroxyl groups is 1. The molecule has 0 amide bonds. The molecule has 1 saturated carbocycles. The highest BCUT2D eigenvalue weighted by molar-refractivity contribution is 5.41. The van der Waals surface area contributed by atoms with Crippen LogP contribution in [-0.4, -0.2) is 11.7 Å². The molecule has 3 heteroatoms. The number of aliphatic hydroxyl groups excluding tert-OH is 1. The number of fused-ring (bicyclic) bond motifs is 1. The fourth-order valence-corrected chi connectivity index (χ4v) is 3.68. The average molecular weight is 285 g/mol. The largest absolute Gasteiger partial charge is 0.493 e. The molecule has 21 heavy (non-hydrogen) atoms. The summed E-state index contributed by atoms with van der Waals surface area (Å²) < 4.78 is 5.52. The lowest BCUT2D eigenvalue weighted by Crippen LogP contribution is -2.28. The summed E-state index contributed by atoms with van der Waals surface area (Å²) in [6.07, 6.45) is 7.51. The highest BCUT2D eigenvalue weighted by Crippen LogP contribution is 2.44. The number of nitrogens with zero attached hydrogens (tertiary/aromatic N) is 1.